The molecule has 2 aromatic heterocycles. The average molecular weight is 1370 g/mol. The number of anilines is 3. The van der Waals surface area contributed by atoms with Gasteiger partial charge in [-0.15, -0.1) is 11.3 Å². The predicted octanol–water partition coefficient (Wildman–Crippen LogP) is 26.9. The van der Waals surface area contributed by atoms with Gasteiger partial charge in [0.15, 0.2) is 0 Å². The molecule has 0 radical (unpaired) electrons. The summed E-state index contributed by atoms with van der Waals surface area (Å²) in [6, 6.07) is 90.2. The van der Waals surface area contributed by atoms with Crippen molar-refractivity contribution < 1.29 is 8.53 Å². The van der Waals surface area contributed by atoms with E-state index < -0.39 is 0 Å². The summed E-state index contributed by atoms with van der Waals surface area (Å²) < 4.78 is 40.1. The van der Waals surface area contributed by atoms with Crippen LogP contribution in [0.2, 0.25) is 0 Å². The van der Waals surface area contributed by atoms with E-state index in [9.17, 15) is 4.11 Å². The van der Waals surface area contributed by atoms with Crippen LogP contribution >= 0.6 is 23.1 Å². The number of nitrogens with zero attached hydrogens (tertiary/aromatic N) is 1. The van der Waals surface area contributed by atoms with Gasteiger partial charge in [-0.2, -0.15) is 0 Å². The molecular weight excluding hydrogens is 1280 g/mol. The lowest BCUT2D eigenvalue weighted by Gasteiger charge is -2.42. The molecule has 0 bridgehead atoms. The van der Waals surface area contributed by atoms with E-state index >= 15 is 0 Å². The molecule has 0 amide bonds. The zero-order valence-corrected chi connectivity index (χ0v) is 63.5. The van der Waals surface area contributed by atoms with Crippen molar-refractivity contribution >= 4 is 105 Å². The first-order chi connectivity index (χ1) is 50.5. The first-order valence-corrected chi connectivity index (χ1v) is 38.1. The molecule has 0 aliphatic carbocycles. The van der Waals surface area contributed by atoms with Gasteiger partial charge in [-0.1, -0.05) is 303 Å². The standard InChI is InChI=1S/C98H88BNOS2/c1-94(2,3)69-47-66(48-70(55-69)95(4,5)6)62-40-42-80-82(52-62)100(93-78(74-34-26-37-85-90(74)76-32-22-24-36-84(76)101-85)57-73(98(13,14)15)58-79(93)75-35-27-39-88-91(75)77-33-23-25-38-86(77)102-88)83-53-68(67-49-71(96(7,8)9)56-72(50-67)97(10,11)12)54-89-92(83)99(80)81-51-61(41-43-87(81)103-89)65-45-63(59-28-18-16-19-29-59)44-64(46-65)60-30-20-17-21-31-60/h16-58H,1-15H3/i44D,45D,46D. The Morgan fingerprint density at radius 1 is 0.320 bits per heavy atom. The van der Waals surface area contributed by atoms with Crippen molar-refractivity contribution in [1.82, 2.24) is 0 Å². The van der Waals surface area contributed by atoms with E-state index in [1.54, 1.807) is 0 Å². The summed E-state index contributed by atoms with van der Waals surface area (Å²) in [5.74, 6) is 0. The van der Waals surface area contributed by atoms with Gasteiger partial charge in [-0.05, 0) is 211 Å². The number of furan rings is 1. The molecule has 5 heteroatoms. The Kier molecular flexibility index (Phi) is 14.9. The number of para-hydroxylation sites is 1. The summed E-state index contributed by atoms with van der Waals surface area (Å²) in [6.45, 7) is 34.7. The maximum atomic E-state index is 10.4. The number of rotatable bonds is 8. The van der Waals surface area contributed by atoms with E-state index in [4.69, 9.17) is 4.42 Å². The van der Waals surface area contributed by atoms with Crippen molar-refractivity contribution in [1.29, 1.82) is 0 Å². The first-order valence-electron chi connectivity index (χ1n) is 38.0. The van der Waals surface area contributed by atoms with Crippen molar-refractivity contribution in [3.05, 3.63) is 289 Å². The fraction of sp³-hybridized carbons (Fsp3) is 0.204. The SMILES string of the molecule is [2H]c1c(-c2ccccc2)c([2H])c(-c2ccc3c(c2)B2c4ccc(-c5cc(C(C)(C)C)cc(C(C)(C)C)c5)cc4N(c4c(-c5cccc6oc7ccccc7c56)cc(C(C)(C)C)cc4-c4cccc5sc6ccccc6c45)c4cc(-c5cc(C(C)(C)C)cc(C(C)(C)C)c5)cc(c42)S3)c([2H])c1-c1ccccc1. The van der Waals surface area contributed by atoms with Crippen LogP contribution in [0.3, 0.4) is 0 Å². The highest BCUT2D eigenvalue weighted by molar-refractivity contribution is 8.00. The third-order valence-electron chi connectivity index (χ3n) is 21.5. The largest absolute Gasteiger partial charge is 0.456 e. The van der Waals surface area contributed by atoms with Crippen LogP contribution < -0.4 is 21.3 Å². The Bertz CT molecular complexity index is 5860. The van der Waals surface area contributed by atoms with Gasteiger partial charge in [0, 0.05) is 63.2 Å². The molecule has 0 atom stereocenters. The second kappa shape index (κ2) is 24.4. The minimum Gasteiger partial charge on any atom is -0.456 e. The lowest BCUT2D eigenvalue weighted by molar-refractivity contribution is 0.568. The molecule has 2 nitrogen and oxygen atoms in total. The van der Waals surface area contributed by atoms with E-state index in [2.05, 4.69) is 291 Å². The predicted molar refractivity (Wildman–Crippen MR) is 448 cm³/mol. The van der Waals surface area contributed by atoms with E-state index in [1.165, 1.54) is 63.9 Å². The Balaban J connectivity index is 1.05. The Morgan fingerprint density at radius 3 is 1.37 bits per heavy atom. The number of hydrogen-bond acceptors (Lipinski definition) is 4. The first kappa shape index (κ1) is 62.8. The van der Waals surface area contributed by atoms with Gasteiger partial charge >= 0.3 is 0 Å². The second-order valence-corrected chi connectivity index (χ2v) is 36.0. The molecule has 13 aromatic carbocycles. The molecule has 0 fully saturated rings. The average Bonchev–Trinajstić information content (AvgIpc) is 0.956. The molecule has 0 unspecified atom stereocenters. The van der Waals surface area contributed by atoms with E-state index in [1.807, 2.05) is 83.8 Å². The van der Waals surface area contributed by atoms with Crippen molar-refractivity contribution in [2.75, 3.05) is 4.90 Å². The van der Waals surface area contributed by atoms with Gasteiger partial charge in [0.05, 0.1) is 9.80 Å². The summed E-state index contributed by atoms with van der Waals surface area (Å²) in [5, 5.41) is 4.60. The third kappa shape index (κ3) is 11.8. The fourth-order valence-electron chi connectivity index (χ4n) is 15.6. The zero-order chi connectivity index (χ0) is 74.0. The van der Waals surface area contributed by atoms with Gasteiger partial charge in [-0.3, -0.25) is 0 Å². The number of fused-ring (bicyclic) bond motifs is 10. The van der Waals surface area contributed by atoms with Crippen LogP contribution in [-0.2, 0) is 27.1 Å². The van der Waals surface area contributed by atoms with Crippen molar-refractivity contribution in [2.45, 2.75) is 141 Å². The number of thiophene rings is 1. The summed E-state index contributed by atoms with van der Waals surface area (Å²) in [6.07, 6.45) is 0. The number of benzene rings is 13. The van der Waals surface area contributed by atoms with Gasteiger partial charge in [-0.25, -0.2) is 0 Å². The molecule has 2 aliphatic heterocycles. The van der Waals surface area contributed by atoms with E-state index in [0.717, 1.165) is 110 Å². The lowest BCUT2D eigenvalue weighted by Crippen LogP contribution is -2.60. The molecular formula is C98H88BNOS2. The normalized spacial score (nSPS) is 13.7. The van der Waals surface area contributed by atoms with Gasteiger partial charge in [0.2, 0.25) is 6.71 Å². The molecule has 0 spiro atoms. The minimum atomic E-state index is -0.333. The molecule has 4 heterocycles. The summed E-state index contributed by atoms with van der Waals surface area (Å²) in [7, 11) is 0. The molecule has 0 N–H and O–H groups in total. The van der Waals surface area contributed by atoms with Crippen LogP contribution in [-0.4, -0.2) is 6.71 Å². The van der Waals surface area contributed by atoms with Gasteiger partial charge < -0.3 is 9.32 Å². The van der Waals surface area contributed by atoms with Crippen LogP contribution in [0.5, 0.6) is 0 Å². The Hall–Kier alpha value is -9.91. The van der Waals surface area contributed by atoms with Gasteiger partial charge in [0.1, 0.15) is 11.2 Å². The lowest BCUT2D eigenvalue weighted by atomic mass is 9.34. The molecule has 17 rings (SSSR count). The highest BCUT2D eigenvalue weighted by atomic mass is 32.2. The van der Waals surface area contributed by atoms with Crippen LogP contribution in [0.15, 0.2) is 275 Å². The van der Waals surface area contributed by atoms with Crippen molar-refractivity contribution in [2.24, 2.45) is 0 Å². The van der Waals surface area contributed by atoms with Crippen LogP contribution in [0.25, 0.3) is 120 Å². The van der Waals surface area contributed by atoms with Crippen LogP contribution in [0.4, 0.5) is 17.1 Å². The Morgan fingerprint density at radius 2 is 0.777 bits per heavy atom. The van der Waals surface area contributed by atoms with E-state index in [0.29, 0.717) is 16.7 Å². The fourth-order valence-corrected chi connectivity index (χ4v) is 18.0. The second-order valence-electron chi connectivity index (χ2n) is 33.9. The monoisotopic (exact) mass is 1370 g/mol. The molecule has 506 valence electrons. The van der Waals surface area contributed by atoms with Crippen molar-refractivity contribution in [3.8, 4) is 77.9 Å². The van der Waals surface area contributed by atoms with Crippen LogP contribution in [0, 0.1) is 0 Å². The Labute approximate surface area is 621 Å². The molecule has 0 saturated heterocycles. The highest BCUT2D eigenvalue weighted by Crippen LogP contribution is 2.56. The smallest absolute Gasteiger partial charge is 0.249 e. The zero-order valence-electron chi connectivity index (χ0n) is 64.8. The molecule has 2 aliphatic rings. The number of hydrogen-bond donors (Lipinski definition) is 0. The summed E-state index contributed by atoms with van der Waals surface area (Å²) in [4.78, 5) is 5.00. The maximum absolute atomic E-state index is 10.4. The van der Waals surface area contributed by atoms with Gasteiger partial charge in [0.25, 0.3) is 0 Å². The van der Waals surface area contributed by atoms with Crippen molar-refractivity contribution in [3.63, 3.8) is 0 Å². The quantitative estimate of drug-likeness (QED) is 0.141. The summed E-state index contributed by atoms with van der Waals surface area (Å²) >= 11 is 3.69. The van der Waals surface area contributed by atoms with Crippen LogP contribution in [0.1, 0.15) is 136 Å². The summed E-state index contributed by atoms with van der Waals surface area (Å²) in [5.41, 5.74) is 26.7. The third-order valence-corrected chi connectivity index (χ3v) is 23.8. The topological polar surface area (TPSA) is 16.4 Å². The van der Waals surface area contributed by atoms with E-state index in [-0.39, 0.29) is 51.9 Å². The molecule has 0 saturated carbocycles. The highest BCUT2D eigenvalue weighted by Gasteiger charge is 2.44. The maximum Gasteiger partial charge on any atom is 0.249 e. The molecule has 15 aromatic rings. The minimum absolute atomic E-state index is 0.146. The molecule has 103 heavy (non-hydrogen) atoms.